The van der Waals surface area contributed by atoms with Crippen molar-refractivity contribution in [1.82, 2.24) is 14.9 Å². The van der Waals surface area contributed by atoms with Gasteiger partial charge in [-0.15, -0.1) is 0 Å². The van der Waals surface area contributed by atoms with E-state index in [1.165, 1.54) is 0 Å². The van der Waals surface area contributed by atoms with Crippen molar-refractivity contribution in [3.8, 4) is 11.4 Å². The van der Waals surface area contributed by atoms with Crippen molar-refractivity contribution in [2.45, 2.75) is 39.8 Å². The molecule has 7 heteroatoms. The van der Waals surface area contributed by atoms with Gasteiger partial charge in [-0.1, -0.05) is 17.7 Å². The fourth-order valence-electron chi connectivity index (χ4n) is 4.95. The number of hydrogen-bond donors (Lipinski definition) is 2. The lowest BCUT2D eigenvalue weighted by molar-refractivity contribution is 0.102. The number of fused-ring (bicyclic) bond motifs is 1. The molecular formula is C29H32ClN5O. The van der Waals surface area contributed by atoms with Crippen molar-refractivity contribution in [3.05, 3.63) is 76.3 Å². The van der Waals surface area contributed by atoms with Crippen LogP contribution in [-0.2, 0) is 0 Å². The third-order valence-electron chi connectivity index (χ3n) is 7.30. The van der Waals surface area contributed by atoms with E-state index in [4.69, 9.17) is 11.6 Å². The van der Waals surface area contributed by atoms with Gasteiger partial charge in [0, 0.05) is 47.7 Å². The number of H-pyrrole nitrogens is 1. The van der Waals surface area contributed by atoms with Gasteiger partial charge in [-0.3, -0.25) is 9.69 Å². The molecule has 2 N–H and O–H groups in total. The summed E-state index contributed by atoms with van der Waals surface area (Å²) in [4.78, 5) is 26.0. The van der Waals surface area contributed by atoms with E-state index in [1.807, 2.05) is 44.2 Å². The summed E-state index contributed by atoms with van der Waals surface area (Å²) >= 11 is 6.51. The minimum Gasteiger partial charge on any atom is -0.368 e. The number of aryl methyl sites for hydroxylation is 2. The second-order valence-corrected chi connectivity index (χ2v) is 10.4. The van der Waals surface area contributed by atoms with Gasteiger partial charge in [-0.05, 0) is 94.4 Å². The van der Waals surface area contributed by atoms with Crippen LogP contribution in [0.4, 0.5) is 11.4 Å². The van der Waals surface area contributed by atoms with Crippen molar-refractivity contribution >= 4 is 39.9 Å². The molecule has 0 spiro atoms. The zero-order chi connectivity index (χ0) is 25.6. The van der Waals surface area contributed by atoms with Crippen molar-refractivity contribution in [3.63, 3.8) is 0 Å². The Bertz CT molecular complexity index is 1430. The molecule has 6 nitrogen and oxygen atoms in total. The summed E-state index contributed by atoms with van der Waals surface area (Å²) < 4.78 is 0. The van der Waals surface area contributed by atoms with Gasteiger partial charge in [0.05, 0.1) is 16.1 Å². The highest BCUT2D eigenvalue weighted by molar-refractivity contribution is 6.33. The molecule has 1 aliphatic heterocycles. The molecule has 1 aromatic heterocycles. The largest absolute Gasteiger partial charge is 0.368 e. The first-order chi connectivity index (χ1) is 17.2. The first-order valence-electron chi connectivity index (χ1n) is 12.3. The molecule has 2 heterocycles. The van der Waals surface area contributed by atoms with Crippen LogP contribution >= 0.6 is 11.6 Å². The van der Waals surface area contributed by atoms with Gasteiger partial charge in [-0.25, -0.2) is 4.98 Å². The second-order valence-electron chi connectivity index (χ2n) is 10.0. The van der Waals surface area contributed by atoms with Gasteiger partial charge in [0.1, 0.15) is 5.82 Å². The van der Waals surface area contributed by atoms with E-state index in [-0.39, 0.29) is 5.91 Å². The van der Waals surface area contributed by atoms with Gasteiger partial charge in [0.25, 0.3) is 5.91 Å². The van der Waals surface area contributed by atoms with Crippen molar-refractivity contribution in [1.29, 1.82) is 0 Å². The number of aromatic amines is 1. The Labute approximate surface area is 217 Å². The number of piperazine rings is 1. The Morgan fingerprint density at radius 1 is 1.03 bits per heavy atom. The fraction of sp³-hybridized carbons (Fsp3) is 0.310. The standard InChI is InChI=1S/C29H32ClN5O/c1-17-6-11-26-27(12-17)33-28(32-26)24-14-21(7-10-25(24)30)31-29(36)23-9-8-22(13-18(23)2)35-15-19(3)34(5)20(4)16-35/h6-14,19-20H,15-16H2,1-5H3,(H,31,36)(H,32,33)/t19-,20?/m0/s1. The number of halogens is 1. The number of carbonyl (C=O) groups is 1. The Morgan fingerprint density at radius 2 is 1.78 bits per heavy atom. The van der Waals surface area contributed by atoms with Gasteiger partial charge >= 0.3 is 0 Å². The molecule has 0 radical (unpaired) electrons. The molecule has 1 fully saturated rings. The zero-order valence-electron chi connectivity index (χ0n) is 21.4. The maximum atomic E-state index is 13.2. The van der Waals surface area contributed by atoms with Crippen molar-refractivity contribution < 1.29 is 4.79 Å². The predicted molar refractivity (Wildman–Crippen MR) is 149 cm³/mol. The average Bonchev–Trinajstić information content (AvgIpc) is 3.26. The zero-order valence-corrected chi connectivity index (χ0v) is 22.1. The first kappa shape index (κ1) is 24.3. The van der Waals surface area contributed by atoms with E-state index < -0.39 is 0 Å². The van der Waals surface area contributed by atoms with E-state index in [2.05, 4.69) is 64.2 Å². The van der Waals surface area contributed by atoms with E-state index >= 15 is 0 Å². The molecule has 186 valence electrons. The van der Waals surface area contributed by atoms with Crippen LogP contribution in [-0.4, -0.2) is 53.0 Å². The third-order valence-corrected chi connectivity index (χ3v) is 7.63. The third kappa shape index (κ3) is 4.71. The topological polar surface area (TPSA) is 64.3 Å². The summed E-state index contributed by atoms with van der Waals surface area (Å²) in [6.07, 6.45) is 0. The number of hydrogen-bond acceptors (Lipinski definition) is 4. The molecule has 1 aliphatic rings. The lowest BCUT2D eigenvalue weighted by Crippen LogP contribution is -2.55. The van der Waals surface area contributed by atoms with E-state index in [9.17, 15) is 4.79 Å². The molecule has 4 aromatic rings. The lowest BCUT2D eigenvalue weighted by atomic mass is 10.0. The van der Waals surface area contributed by atoms with Crippen LogP contribution in [0.1, 0.15) is 35.3 Å². The van der Waals surface area contributed by atoms with Crippen LogP contribution in [0.3, 0.4) is 0 Å². The maximum Gasteiger partial charge on any atom is 0.255 e. The number of nitrogens with zero attached hydrogens (tertiary/aromatic N) is 3. The highest BCUT2D eigenvalue weighted by Crippen LogP contribution is 2.31. The summed E-state index contributed by atoms with van der Waals surface area (Å²) in [6.45, 7) is 10.5. The molecule has 36 heavy (non-hydrogen) atoms. The lowest BCUT2D eigenvalue weighted by Gasteiger charge is -2.43. The molecule has 0 aliphatic carbocycles. The van der Waals surface area contributed by atoms with Crippen LogP contribution in [0.25, 0.3) is 22.4 Å². The monoisotopic (exact) mass is 501 g/mol. The Hall–Kier alpha value is -3.35. The van der Waals surface area contributed by atoms with Crippen LogP contribution in [0.15, 0.2) is 54.6 Å². The summed E-state index contributed by atoms with van der Waals surface area (Å²) in [6, 6.07) is 18.6. The highest BCUT2D eigenvalue weighted by atomic mass is 35.5. The molecule has 5 rings (SSSR count). The number of imidazole rings is 1. The Balaban J connectivity index is 1.36. The summed E-state index contributed by atoms with van der Waals surface area (Å²) in [5, 5.41) is 3.61. The van der Waals surface area contributed by atoms with Crippen LogP contribution in [0.2, 0.25) is 5.02 Å². The minimum atomic E-state index is -0.146. The Kier molecular flexibility index (Phi) is 6.49. The number of anilines is 2. The van der Waals surface area contributed by atoms with E-state index in [0.717, 1.165) is 46.5 Å². The summed E-state index contributed by atoms with van der Waals surface area (Å²) in [5.41, 5.74) is 7.16. The Morgan fingerprint density at radius 3 is 2.50 bits per heavy atom. The number of rotatable bonds is 4. The van der Waals surface area contributed by atoms with E-state index in [1.54, 1.807) is 6.07 Å². The molecule has 3 aromatic carbocycles. The first-order valence-corrected chi connectivity index (χ1v) is 12.7. The quantitative estimate of drug-likeness (QED) is 0.345. The summed E-state index contributed by atoms with van der Waals surface area (Å²) in [5.74, 6) is 0.528. The van der Waals surface area contributed by atoms with Gasteiger partial charge in [0.15, 0.2) is 0 Å². The molecule has 2 atom stereocenters. The van der Waals surface area contributed by atoms with Crippen LogP contribution in [0, 0.1) is 13.8 Å². The minimum absolute atomic E-state index is 0.146. The second kappa shape index (κ2) is 9.60. The number of carbonyl (C=O) groups excluding carboxylic acids is 1. The summed E-state index contributed by atoms with van der Waals surface area (Å²) in [7, 11) is 2.18. The fourth-order valence-corrected chi connectivity index (χ4v) is 5.16. The average molecular weight is 502 g/mol. The van der Waals surface area contributed by atoms with Gasteiger partial charge < -0.3 is 15.2 Å². The molecule has 0 bridgehead atoms. The van der Waals surface area contributed by atoms with Gasteiger partial charge in [0.2, 0.25) is 0 Å². The predicted octanol–water partition coefficient (Wildman–Crippen LogP) is 6.28. The number of amides is 1. The van der Waals surface area contributed by atoms with Crippen LogP contribution < -0.4 is 10.2 Å². The number of nitrogens with one attached hydrogen (secondary N) is 2. The smallest absolute Gasteiger partial charge is 0.255 e. The van der Waals surface area contributed by atoms with Crippen molar-refractivity contribution in [2.75, 3.05) is 30.4 Å². The molecule has 0 saturated carbocycles. The maximum absolute atomic E-state index is 13.2. The molecular weight excluding hydrogens is 470 g/mol. The van der Waals surface area contributed by atoms with Crippen LogP contribution in [0.5, 0.6) is 0 Å². The molecule has 1 saturated heterocycles. The number of benzene rings is 3. The highest BCUT2D eigenvalue weighted by Gasteiger charge is 2.27. The normalized spacial score (nSPS) is 18.6. The molecule has 1 amide bonds. The SMILES string of the molecule is Cc1ccc2nc(-c3cc(NC(=O)c4ccc(N5CC(C)N(C)[C@@H](C)C5)cc4C)ccc3Cl)[nH]c2c1. The van der Waals surface area contributed by atoms with E-state index in [0.29, 0.717) is 34.2 Å². The van der Waals surface area contributed by atoms with Crippen molar-refractivity contribution in [2.24, 2.45) is 0 Å². The molecule has 1 unspecified atom stereocenters. The van der Waals surface area contributed by atoms with Gasteiger partial charge in [-0.2, -0.15) is 0 Å². The number of likely N-dealkylation sites (N-methyl/N-ethyl adjacent to an activating group) is 1. The number of aromatic nitrogens is 2.